The number of phenolic OH excluding ortho intramolecular Hbond substituents is 1. The second-order valence-electron chi connectivity index (χ2n) is 5.38. The van der Waals surface area contributed by atoms with Gasteiger partial charge in [0.1, 0.15) is 0 Å². The molecule has 9 heteroatoms. The normalized spacial score (nSPS) is 16.6. The molecule has 0 radical (unpaired) electrons. The lowest BCUT2D eigenvalue weighted by atomic mass is 10.1. The van der Waals surface area contributed by atoms with Crippen molar-refractivity contribution in [3.8, 4) is 11.5 Å². The predicted molar refractivity (Wildman–Crippen MR) is 107 cm³/mol. The second-order valence-corrected chi connectivity index (χ2v) is 7.33. The van der Waals surface area contributed by atoms with E-state index < -0.39 is 5.97 Å². The Balaban J connectivity index is 1.86. The number of carboxylic acid groups (broad SMARTS) is 1. The van der Waals surface area contributed by atoms with Crippen LogP contribution in [-0.2, 0) is 4.79 Å². The first-order chi connectivity index (χ1) is 12.9. The number of amides is 1. The van der Waals surface area contributed by atoms with Gasteiger partial charge in [0.15, 0.2) is 16.7 Å². The Hall–Kier alpha value is -2.78. The minimum absolute atomic E-state index is 0.0729. The number of benzene rings is 2. The summed E-state index contributed by atoms with van der Waals surface area (Å²) in [4.78, 5) is 27.7. The van der Waals surface area contributed by atoms with E-state index in [0.717, 1.165) is 11.8 Å². The maximum atomic E-state index is 12.2. The number of carbonyl (C=O) groups is 2. The number of methoxy groups -OCH3 is 1. The van der Waals surface area contributed by atoms with E-state index in [9.17, 15) is 14.7 Å². The molecule has 1 saturated heterocycles. The average Bonchev–Trinajstić information content (AvgIpc) is 2.97. The van der Waals surface area contributed by atoms with Crippen LogP contribution in [0, 0.1) is 0 Å². The molecule has 27 heavy (non-hydrogen) atoms. The van der Waals surface area contributed by atoms with E-state index >= 15 is 0 Å². The topological polar surface area (TPSA) is 108 Å². The van der Waals surface area contributed by atoms with Crippen molar-refractivity contribution < 1.29 is 24.5 Å². The van der Waals surface area contributed by atoms with Gasteiger partial charge in [-0.05, 0) is 54.2 Å². The van der Waals surface area contributed by atoms with Crippen LogP contribution in [0.25, 0.3) is 6.08 Å². The summed E-state index contributed by atoms with van der Waals surface area (Å²) in [6, 6.07) is 9.26. The van der Waals surface area contributed by atoms with Crippen LogP contribution in [0.5, 0.6) is 11.5 Å². The Morgan fingerprint density at radius 1 is 1.30 bits per heavy atom. The van der Waals surface area contributed by atoms with Gasteiger partial charge in [0, 0.05) is 10.0 Å². The third-order valence-corrected chi connectivity index (χ3v) is 4.94. The Morgan fingerprint density at radius 3 is 2.63 bits per heavy atom. The van der Waals surface area contributed by atoms with Gasteiger partial charge in [-0.3, -0.25) is 4.79 Å². The summed E-state index contributed by atoms with van der Waals surface area (Å²) in [7, 11) is 1.44. The smallest absolute Gasteiger partial charge is 0.335 e. The minimum Gasteiger partial charge on any atom is -0.504 e. The molecule has 0 aliphatic carbocycles. The number of amidine groups is 1. The summed E-state index contributed by atoms with van der Waals surface area (Å²) < 4.78 is 5.80. The number of carbonyl (C=O) groups excluding carboxylic acids is 1. The number of carboxylic acids is 1. The van der Waals surface area contributed by atoms with Gasteiger partial charge in [-0.1, -0.05) is 15.9 Å². The molecular weight excluding hydrogens is 436 g/mol. The highest BCUT2D eigenvalue weighted by Gasteiger charge is 2.24. The molecule has 0 spiro atoms. The lowest BCUT2D eigenvalue weighted by Crippen LogP contribution is -2.19. The van der Waals surface area contributed by atoms with Gasteiger partial charge in [-0.2, -0.15) is 0 Å². The van der Waals surface area contributed by atoms with E-state index in [2.05, 4.69) is 26.2 Å². The largest absolute Gasteiger partial charge is 0.504 e. The molecule has 138 valence electrons. The Bertz CT molecular complexity index is 986. The lowest BCUT2D eigenvalue weighted by Gasteiger charge is -2.07. The summed E-state index contributed by atoms with van der Waals surface area (Å²) in [6.45, 7) is 0. The number of ether oxygens (including phenoxy) is 1. The van der Waals surface area contributed by atoms with E-state index in [1.54, 1.807) is 30.3 Å². The van der Waals surface area contributed by atoms with Gasteiger partial charge in [0.25, 0.3) is 5.91 Å². The van der Waals surface area contributed by atoms with Crippen LogP contribution in [0.15, 0.2) is 50.8 Å². The molecule has 2 aromatic rings. The Kier molecular flexibility index (Phi) is 5.52. The van der Waals surface area contributed by atoms with Gasteiger partial charge in [0.05, 0.1) is 23.3 Å². The van der Waals surface area contributed by atoms with Crippen LogP contribution in [0.4, 0.5) is 5.69 Å². The van der Waals surface area contributed by atoms with Crippen molar-refractivity contribution in [2.45, 2.75) is 0 Å². The number of aliphatic imine (C=N–C) groups is 1. The van der Waals surface area contributed by atoms with Crippen molar-refractivity contribution in [2.24, 2.45) is 4.99 Å². The van der Waals surface area contributed by atoms with Crippen molar-refractivity contribution in [3.05, 3.63) is 56.9 Å². The molecule has 2 aromatic carbocycles. The summed E-state index contributed by atoms with van der Waals surface area (Å²) >= 11 is 4.45. The van der Waals surface area contributed by atoms with E-state index in [-0.39, 0.29) is 23.0 Å². The summed E-state index contributed by atoms with van der Waals surface area (Å²) in [6.07, 6.45) is 1.54. The zero-order chi connectivity index (χ0) is 19.6. The number of nitrogens with one attached hydrogen (secondary N) is 1. The SMILES string of the molecule is COc1cc(Br)cc(/C=C2\SC(=Nc3ccc(C(=O)O)cc3)NC2=O)c1O. The van der Waals surface area contributed by atoms with Crippen LogP contribution in [0.1, 0.15) is 15.9 Å². The van der Waals surface area contributed by atoms with E-state index in [0.29, 0.717) is 25.8 Å². The highest BCUT2D eigenvalue weighted by molar-refractivity contribution is 9.10. The molecule has 3 N–H and O–H groups in total. The van der Waals surface area contributed by atoms with Crippen molar-refractivity contribution in [1.29, 1.82) is 0 Å². The monoisotopic (exact) mass is 448 g/mol. The molecule has 0 atom stereocenters. The zero-order valence-electron chi connectivity index (χ0n) is 13.9. The molecule has 0 saturated carbocycles. The van der Waals surface area contributed by atoms with Crippen molar-refractivity contribution >= 4 is 56.5 Å². The molecule has 0 unspecified atom stereocenters. The first kappa shape index (κ1) is 19.0. The standard InChI is InChI=1S/C18H13BrN2O5S/c1-26-13-8-11(19)6-10(15(13)22)7-14-16(23)21-18(27-14)20-12-4-2-9(3-5-12)17(24)25/h2-8,22H,1H3,(H,24,25)(H,20,21,23)/b14-7-. The molecule has 1 heterocycles. The fraction of sp³-hybridized carbons (Fsp3) is 0.0556. The molecule has 0 aromatic heterocycles. The average molecular weight is 449 g/mol. The number of nitrogens with zero attached hydrogens (tertiary/aromatic N) is 1. The first-order valence-corrected chi connectivity index (χ1v) is 9.18. The van der Waals surface area contributed by atoms with Gasteiger partial charge >= 0.3 is 5.97 Å². The van der Waals surface area contributed by atoms with E-state index in [1.807, 2.05) is 0 Å². The molecule has 0 bridgehead atoms. The van der Waals surface area contributed by atoms with Crippen molar-refractivity contribution in [2.75, 3.05) is 7.11 Å². The van der Waals surface area contributed by atoms with Crippen LogP contribution in [-0.4, -0.2) is 34.4 Å². The molecule has 3 rings (SSSR count). The number of phenols is 1. The van der Waals surface area contributed by atoms with Crippen molar-refractivity contribution in [1.82, 2.24) is 5.32 Å². The minimum atomic E-state index is -1.02. The Morgan fingerprint density at radius 2 is 2.00 bits per heavy atom. The van der Waals surface area contributed by atoms with Crippen LogP contribution in [0.2, 0.25) is 0 Å². The van der Waals surface area contributed by atoms with Gasteiger partial charge in [-0.15, -0.1) is 0 Å². The number of rotatable bonds is 4. The summed E-state index contributed by atoms with van der Waals surface area (Å²) in [5, 5.41) is 22.1. The molecule has 1 aliphatic rings. The summed E-state index contributed by atoms with van der Waals surface area (Å²) in [5.41, 5.74) is 1.09. The summed E-state index contributed by atoms with van der Waals surface area (Å²) in [5.74, 6) is -1.16. The lowest BCUT2D eigenvalue weighted by molar-refractivity contribution is -0.115. The highest BCUT2D eigenvalue weighted by atomic mass is 79.9. The van der Waals surface area contributed by atoms with Crippen LogP contribution < -0.4 is 10.1 Å². The number of hydrogen-bond acceptors (Lipinski definition) is 6. The van der Waals surface area contributed by atoms with Crippen LogP contribution in [0.3, 0.4) is 0 Å². The molecule has 1 amide bonds. The fourth-order valence-corrected chi connectivity index (χ4v) is 3.56. The maximum absolute atomic E-state index is 12.2. The van der Waals surface area contributed by atoms with Gasteiger partial charge in [0.2, 0.25) is 0 Å². The fourth-order valence-electron chi connectivity index (χ4n) is 2.28. The third-order valence-electron chi connectivity index (χ3n) is 3.57. The predicted octanol–water partition coefficient (Wildman–Crippen LogP) is 3.75. The highest BCUT2D eigenvalue weighted by Crippen LogP contribution is 2.37. The second kappa shape index (κ2) is 7.85. The molecule has 7 nitrogen and oxygen atoms in total. The number of halogens is 1. The third kappa shape index (κ3) is 4.32. The van der Waals surface area contributed by atoms with Crippen LogP contribution >= 0.6 is 27.7 Å². The molecule has 1 aliphatic heterocycles. The number of aromatic hydroxyl groups is 1. The molecular formula is C18H13BrN2O5S. The number of hydrogen-bond donors (Lipinski definition) is 3. The quantitative estimate of drug-likeness (QED) is 0.614. The molecule has 1 fully saturated rings. The number of thioether (sulfide) groups is 1. The Labute approximate surface area is 166 Å². The number of aromatic carboxylic acids is 1. The zero-order valence-corrected chi connectivity index (χ0v) is 16.3. The first-order valence-electron chi connectivity index (χ1n) is 7.57. The van der Waals surface area contributed by atoms with E-state index in [4.69, 9.17) is 9.84 Å². The van der Waals surface area contributed by atoms with Gasteiger partial charge in [-0.25, -0.2) is 9.79 Å². The maximum Gasteiger partial charge on any atom is 0.335 e. The van der Waals surface area contributed by atoms with Crippen molar-refractivity contribution in [3.63, 3.8) is 0 Å². The van der Waals surface area contributed by atoms with Gasteiger partial charge < -0.3 is 20.3 Å². The van der Waals surface area contributed by atoms with E-state index in [1.165, 1.54) is 19.2 Å².